The highest BCUT2D eigenvalue weighted by molar-refractivity contribution is 6.30. The molecular weight excluding hydrogens is 532 g/mol. The van der Waals surface area contributed by atoms with Gasteiger partial charge in [0, 0.05) is 44.0 Å². The number of hydrogen-bond acceptors (Lipinski definition) is 6. The number of rotatable bonds is 14. The summed E-state index contributed by atoms with van der Waals surface area (Å²) in [5, 5.41) is 5.91. The summed E-state index contributed by atoms with van der Waals surface area (Å²) in [6, 6.07) is 10.0. The van der Waals surface area contributed by atoms with Gasteiger partial charge in [-0.25, -0.2) is 4.79 Å². The summed E-state index contributed by atoms with van der Waals surface area (Å²) in [4.78, 5) is 55.8. The summed E-state index contributed by atoms with van der Waals surface area (Å²) in [6.45, 7) is 0.730. The first kappa shape index (κ1) is 31.1. The van der Waals surface area contributed by atoms with Crippen LogP contribution in [-0.4, -0.2) is 59.8 Å². The number of nitrogens with zero attached hydrogens (tertiary/aromatic N) is 2. The molecule has 0 bridgehead atoms. The fourth-order valence-electron chi connectivity index (χ4n) is 4.82. The Bertz CT molecular complexity index is 1110. The molecule has 1 heterocycles. The molecule has 1 fully saturated rings. The number of halogens is 1. The molecule has 216 valence electrons. The first-order valence-electron chi connectivity index (χ1n) is 13.9. The second-order valence-electron chi connectivity index (χ2n) is 10.3. The van der Waals surface area contributed by atoms with Gasteiger partial charge in [-0.1, -0.05) is 55.8 Å². The van der Waals surface area contributed by atoms with Gasteiger partial charge in [-0.3, -0.25) is 14.6 Å². The smallest absolute Gasteiger partial charge is 0.408 e. The molecule has 1 saturated carbocycles. The van der Waals surface area contributed by atoms with Crippen LogP contribution in [0.1, 0.15) is 62.5 Å². The minimum Gasteiger partial charge on any atom is -0.436 e. The average Bonchev–Trinajstić information content (AvgIpc) is 2.97. The number of aldehydes is 1. The molecule has 2 aromatic rings. The zero-order chi connectivity index (χ0) is 28.7. The van der Waals surface area contributed by atoms with Crippen molar-refractivity contribution in [3.63, 3.8) is 0 Å². The Kier molecular flexibility index (Phi) is 12.9. The first-order valence-corrected chi connectivity index (χ1v) is 14.3. The zero-order valence-corrected chi connectivity index (χ0v) is 23.8. The number of alkyl carbamates (subject to hydrolysis) is 1. The second kappa shape index (κ2) is 16.6. The Hall–Kier alpha value is -3.46. The summed E-state index contributed by atoms with van der Waals surface area (Å²) in [7, 11) is 1.72. The average molecular weight is 571 g/mol. The molecule has 2 atom stereocenters. The van der Waals surface area contributed by atoms with Crippen molar-refractivity contribution in [1.29, 1.82) is 0 Å². The maximum Gasteiger partial charge on any atom is 0.408 e. The number of ether oxygens (including phenoxy) is 1. The van der Waals surface area contributed by atoms with Gasteiger partial charge in [0.25, 0.3) is 5.91 Å². The van der Waals surface area contributed by atoms with Crippen LogP contribution < -0.4 is 10.6 Å². The third-order valence-corrected chi connectivity index (χ3v) is 7.45. The van der Waals surface area contributed by atoms with Gasteiger partial charge in [0.15, 0.2) is 6.10 Å². The van der Waals surface area contributed by atoms with Gasteiger partial charge in [-0.15, -0.1) is 0 Å². The molecule has 0 aliphatic heterocycles. The topological polar surface area (TPSA) is 118 Å². The van der Waals surface area contributed by atoms with Crippen LogP contribution in [-0.2, 0) is 32.1 Å². The lowest BCUT2D eigenvalue weighted by molar-refractivity contribution is -0.134. The number of likely N-dealkylation sites (N-methyl/N-ethyl adjacent to an activating group) is 1. The standard InChI is InChI=1S/C30H39ClN4O5/c1-35(17-14-22-12-15-32-16-13-22)28(37)11-10-26(21-36)34-29(38)27(19-23-6-3-2-4-7-23)40-30(39)33-20-24-8-5-9-25(31)18-24/h5,8-9,12-13,15-16,18,21,23,26-27H,2-4,6-7,10-11,14,17,19-20H2,1H3,(H,33,39)(H,34,38)/t26-,27-/m0/s1. The van der Waals surface area contributed by atoms with Crippen LogP contribution in [0.5, 0.6) is 0 Å². The monoisotopic (exact) mass is 570 g/mol. The third-order valence-electron chi connectivity index (χ3n) is 7.21. The van der Waals surface area contributed by atoms with Gasteiger partial charge in [-0.2, -0.15) is 0 Å². The quantitative estimate of drug-likeness (QED) is 0.324. The number of hydrogen-bond donors (Lipinski definition) is 2. The Balaban J connectivity index is 1.51. The van der Waals surface area contributed by atoms with E-state index in [9.17, 15) is 19.2 Å². The van der Waals surface area contributed by atoms with E-state index in [0.717, 1.165) is 43.2 Å². The highest BCUT2D eigenvalue weighted by Gasteiger charge is 2.29. The van der Waals surface area contributed by atoms with Crippen LogP contribution in [0.25, 0.3) is 0 Å². The molecule has 9 nitrogen and oxygen atoms in total. The molecule has 3 rings (SSSR count). The largest absolute Gasteiger partial charge is 0.436 e. The second-order valence-corrected chi connectivity index (χ2v) is 10.8. The summed E-state index contributed by atoms with van der Waals surface area (Å²) in [6.07, 6.45) is 8.88. The van der Waals surface area contributed by atoms with Crippen LogP contribution in [0.2, 0.25) is 5.02 Å². The lowest BCUT2D eigenvalue weighted by Crippen LogP contribution is -2.46. The van der Waals surface area contributed by atoms with Gasteiger partial charge >= 0.3 is 6.09 Å². The molecule has 0 unspecified atom stereocenters. The Labute approximate surface area is 241 Å². The maximum atomic E-state index is 13.2. The minimum absolute atomic E-state index is 0.102. The molecule has 0 saturated heterocycles. The summed E-state index contributed by atoms with van der Waals surface area (Å²) < 4.78 is 5.56. The van der Waals surface area contributed by atoms with E-state index < -0.39 is 24.1 Å². The number of nitrogens with one attached hydrogen (secondary N) is 2. The van der Waals surface area contributed by atoms with E-state index in [1.807, 2.05) is 18.2 Å². The van der Waals surface area contributed by atoms with Gasteiger partial charge in [0.1, 0.15) is 6.29 Å². The highest BCUT2D eigenvalue weighted by atomic mass is 35.5. The van der Waals surface area contributed by atoms with Gasteiger partial charge in [0.05, 0.1) is 6.04 Å². The van der Waals surface area contributed by atoms with Crippen molar-refractivity contribution >= 4 is 35.8 Å². The molecular formula is C30H39ClN4O5. The van der Waals surface area contributed by atoms with Gasteiger partial charge in [-0.05, 0) is 60.6 Å². The van der Waals surface area contributed by atoms with Crippen LogP contribution in [0.4, 0.5) is 4.79 Å². The Morgan fingerprint density at radius 3 is 2.58 bits per heavy atom. The van der Waals surface area contributed by atoms with Crippen LogP contribution >= 0.6 is 11.6 Å². The van der Waals surface area contributed by atoms with Crippen LogP contribution in [0.3, 0.4) is 0 Å². The molecule has 1 aliphatic carbocycles. The van der Waals surface area contributed by atoms with Gasteiger partial charge < -0.3 is 25.1 Å². The van der Waals surface area contributed by atoms with E-state index in [0.29, 0.717) is 30.7 Å². The maximum absolute atomic E-state index is 13.2. The number of aromatic nitrogens is 1. The number of pyridine rings is 1. The number of amides is 3. The molecule has 1 aromatic carbocycles. The lowest BCUT2D eigenvalue weighted by Gasteiger charge is -2.27. The van der Waals surface area contributed by atoms with E-state index in [4.69, 9.17) is 16.3 Å². The Morgan fingerprint density at radius 2 is 1.88 bits per heavy atom. The van der Waals surface area contributed by atoms with Crippen molar-refractivity contribution in [3.05, 3.63) is 64.9 Å². The van der Waals surface area contributed by atoms with Crippen LogP contribution in [0.15, 0.2) is 48.8 Å². The van der Waals surface area contributed by atoms with E-state index >= 15 is 0 Å². The van der Waals surface area contributed by atoms with E-state index in [2.05, 4.69) is 15.6 Å². The van der Waals surface area contributed by atoms with Crippen molar-refractivity contribution in [1.82, 2.24) is 20.5 Å². The molecule has 40 heavy (non-hydrogen) atoms. The number of benzene rings is 1. The van der Waals surface area contributed by atoms with E-state index in [1.165, 1.54) is 0 Å². The molecule has 0 radical (unpaired) electrons. The minimum atomic E-state index is -1.04. The van der Waals surface area contributed by atoms with Crippen molar-refractivity contribution in [2.24, 2.45) is 5.92 Å². The van der Waals surface area contributed by atoms with Crippen LogP contribution in [0, 0.1) is 5.92 Å². The molecule has 2 N–H and O–H groups in total. The lowest BCUT2D eigenvalue weighted by atomic mass is 9.85. The van der Waals surface area contributed by atoms with Crippen molar-refractivity contribution in [2.75, 3.05) is 13.6 Å². The SMILES string of the molecule is CN(CCc1ccncc1)C(=O)CC[C@@H](C=O)NC(=O)[C@H](CC1CCCCC1)OC(=O)NCc1cccc(Cl)c1. The zero-order valence-electron chi connectivity index (χ0n) is 23.0. The van der Waals surface area contributed by atoms with Crippen molar-refractivity contribution in [3.8, 4) is 0 Å². The molecule has 10 heteroatoms. The highest BCUT2D eigenvalue weighted by Crippen LogP contribution is 2.28. The van der Waals surface area contributed by atoms with E-state index in [-0.39, 0.29) is 31.2 Å². The van der Waals surface area contributed by atoms with E-state index in [1.54, 1.807) is 42.5 Å². The molecule has 1 aromatic heterocycles. The summed E-state index contributed by atoms with van der Waals surface area (Å²) in [5.41, 5.74) is 1.88. The van der Waals surface area contributed by atoms with Gasteiger partial charge in [0.2, 0.25) is 5.91 Å². The molecule has 3 amide bonds. The van der Waals surface area contributed by atoms with Crippen molar-refractivity contribution < 1.29 is 23.9 Å². The fraction of sp³-hybridized carbons (Fsp3) is 0.500. The first-order chi connectivity index (χ1) is 19.3. The van der Waals surface area contributed by atoms with Crippen molar-refractivity contribution in [2.45, 2.75) is 76.5 Å². The predicted molar refractivity (Wildman–Crippen MR) is 153 cm³/mol. The normalized spacial score (nSPS) is 14.9. The fourth-order valence-corrected chi connectivity index (χ4v) is 5.03. The third kappa shape index (κ3) is 11.0. The Morgan fingerprint density at radius 1 is 1.12 bits per heavy atom. The molecule has 0 spiro atoms. The predicted octanol–water partition coefficient (Wildman–Crippen LogP) is 4.47. The summed E-state index contributed by atoms with van der Waals surface area (Å²) in [5.74, 6) is -0.389. The number of carbonyl (C=O) groups is 4. The molecule has 1 aliphatic rings. The summed E-state index contributed by atoms with van der Waals surface area (Å²) >= 11 is 6.01. The number of carbonyl (C=O) groups excluding carboxylic acids is 4.